The van der Waals surface area contributed by atoms with Gasteiger partial charge in [0.05, 0.1) is 17.3 Å². The normalized spacial score (nSPS) is 13.6. The molecule has 0 bridgehead atoms. The number of fused-ring (bicyclic) bond motifs is 1. The molecular formula is C23H28ClN3O4S. The molecule has 0 aliphatic carbocycles. The topological polar surface area (TPSA) is 86.8 Å². The van der Waals surface area contributed by atoms with Crippen LogP contribution in [0.15, 0.2) is 47.4 Å². The highest BCUT2D eigenvalue weighted by Gasteiger charge is 2.33. The molecule has 32 heavy (non-hydrogen) atoms. The second-order valence-corrected chi connectivity index (χ2v) is 11.0. The van der Waals surface area contributed by atoms with E-state index in [0.29, 0.717) is 25.2 Å². The molecule has 1 heterocycles. The Morgan fingerprint density at radius 1 is 1.16 bits per heavy atom. The SMILES string of the molecule is CCN(CC(=O)NC(C)(C)C)C(=O)c1ccc(Cl)c(S(=O)(=O)N2CCc3ccccc32)c1. The largest absolute Gasteiger partial charge is 0.350 e. The lowest BCUT2D eigenvalue weighted by Gasteiger charge is -2.25. The first-order valence-electron chi connectivity index (χ1n) is 10.4. The Labute approximate surface area is 194 Å². The Bertz CT molecular complexity index is 1140. The fourth-order valence-corrected chi connectivity index (χ4v) is 5.66. The third-order valence-corrected chi connectivity index (χ3v) is 7.40. The molecule has 0 radical (unpaired) electrons. The molecule has 0 saturated heterocycles. The number of rotatable bonds is 6. The first-order chi connectivity index (χ1) is 14.9. The van der Waals surface area contributed by atoms with Crippen LogP contribution in [0.5, 0.6) is 0 Å². The van der Waals surface area contributed by atoms with Crippen LogP contribution in [-0.2, 0) is 21.2 Å². The summed E-state index contributed by atoms with van der Waals surface area (Å²) in [4.78, 5) is 26.6. The lowest BCUT2D eigenvalue weighted by Crippen LogP contribution is -2.47. The molecule has 2 aromatic carbocycles. The maximum absolute atomic E-state index is 13.4. The number of benzene rings is 2. The van der Waals surface area contributed by atoms with Crippen molar-refractivity contribution in [2.24, 2.45) is 0 Å². The van der Waals surface area contributed by atoms with Crippen LogP contribution in [0.1, 0.15) is 43.6 Å². The molecular weight excluding hydrogens is 450 g/mol. The molecule has 9 heteroatoms. The molecule has 2 amide bonds. The van der Waals surface area contributed by atoms with E-state index in [4.69, 9.17) is 11.6 Å². The summed E-state index contributed by atoms with van der Waals surface area (Å²) in [5.41, 5.74) is 1.30. The van der Waals surface area contributed by atoms with Crippen LogP contribution in [0.25, 0.3) is 0 Å². The first-order valence-corrected chi connectivity index (χ1v) is 12.3. The Morgan fingerprint density at radius 2 is 1.84 bits per heavy atom. The summed E-state index contributed by atoms with van der Waals surface area (Å²) in [5.74, 6) is -0.727. The zero-order valence-electron chi connectivity index (χ0n) is 18.7. The van der Waals surface area contributed by atoms with Crippen molar-refractivity contribution in [3.05, 3.63) is 58.6 Å². The maximum Gasteiger partial charge on any atom is 0.265 e. The van der Waals surface area contributed by atoms with Crippen LogP contribution in [0, 0.1) is 0 Å². The van der Waals surface area contributed by atoms with Crippen molar-refractivity contribution >= 4 is 39.1 Å². The smallest absolute Gasteiger partial charge is 0.265 e. The van der Waals surface area contributed by atoms with E-state index in [2.05, 4.69) is 5.32 Å². The number of carbonyl (C=O) groups excluding carboxylic acids is 2. The van der Waals surface area contributed by atoms with Gasteiger partial charge in [-0.15, -0.1) is 0 Å². The standard InChI is InChI=1S/C23H28ClN3O4S/c1-5-26(15-21(28)25-23(2,3)4)22(29)17-10-11-18(24)20(14-17)32(30,31)27-13-12-16-8-6-7-9-19(16)27/h6-11,14H,5,12-13,15H2,1-4H3,(H,25,28). The van der Waals surface area contributed by atoms with Gasteiger partial charge in [0.1, 0.15) is 4.90 Å². The number of carbonyl (C=O) groups is 2. The molecule has 0 unspecified atom stereocenters. The molecule has 0 spiro atoms. The van der Waals surface area contributed by atoms with Crippen molar-refractivity contribution in [3.63, 3.8) is 0 Å². The van der Waals surface area contributed by atoms with E-state index in [1.807, 2.05) is 32.9 Å². The Kier molecular flexibility index (Phi) is 6.86. The van der Waals surface area contributed by atoms with E-state index in [9.17, 15) is 18.0 Å². The number of hydrogen-bond donors (Lipinski definition) is 1. The van der Waals surface area contributed by atoms with E-state index in [-0.39, 0.29) is 27.9 Å². The lowest BCUT2D eigenvalue weighted by molar-refractivity contribution is -0.123. The zero-order chi connectivity index (χ0) is 23.7. The second kappa shape index (κ2) is 9.11. The van der Waals surface area contributed by atoms with E-state index in [1.165, 1.54) is 27.4 Å². The molecule has 7 nitrogen and oxygen atoms in total. The van der Waals surface area contributed by atoms with Gasteiger partial charge < -0.3 is 10.2 Å². The predicted molar refractivity (Wildman–Crippen MR) is 126 cm³/mol. The van der Waals surface area contributed by atoms with Crippen LogP contribution in [0.4, 0.5) is 5.69 Å². The summed E-state index contributed by atoms with van der Waals surface area (Å²) in [7, 11) is -3.97. The number of nitrogens with one attached hydrogen (secondary N) is 1. The highest BCUT2D eigenvalue weighted by molar-refractivity contribution is 7.93. The number of sulfonamides is 1. The number of anilines is 1. The summed E-state index contributed by atoms with van der Waals surface area (Å²) < 4.78 is 28.2. The van der Waals surface area contributed by atoms with Gasteiger partial charge in [-0.3, -0.25) is 13.9 Å². The molecule has 0 atom stereocenters. The quantitative estimate of drug-likeness (QED) is 0.690. The van der Waals surface area contributed by atoms with Crippen LogP contribution < -0.4 is 9.62 Å². The third kappa shape index (κ3) is 5.07. The molecule has 172 valence electrons. The van der Waals surface area contributed by atoms with Gasteiger partial charge in [0.2, 0.25) is 5.91 Å². The Morgan fingerprint density at radius 3 is 2.50 bits per heavy atom. The molecule has 1 N–H and O–H groups in total. The summed E-state index contributed by atoms with van der Waals surface area (Å²) in [6.45, 7) is 7.81. The maximum atomic E-state index is 13.4. The van der Waals surface area contributed by atoms with Crippen molar-refractivity contribution in [2.75, 3.05) is 23.9 Å². The molecule has 1 aliphatic rings. The minimum Gasteiger partial charge on any atom is -0.350 e. The first kappa shape index (κ1) is 24.1. The van der Waals surface area contributed by atoms with E-state index >= 15 is 0 Å². The van der Waals surface area contributed by atoms with Crippen molar-refractivity contribution in [3.8, 4) is 0 Å². The molecule has 2 aromatic rings. The fourth-order valence-electron chi connectivity index (χ4n) is 3.65. The van der Waals surface area contributed by atoms with Gasteiger partial charge in [0, 0.05) is 24.2 Å². The highest BCUT2D eigenvalue weighted by atomic mass is 35.5. The van der Waals surface area contributed by atoms with E-state index < -0.39 is 21.5 Å². The van der Waals surface area contributed by atoms with Gasteiger partial charge in [0.15, 0.2) is 0 Å². The third-order valence-electron chi connectivity index (χ3n) is 5.11. The minimum atomic E-state index is -3.97. The van der Waals surface area contributed by atoms with Crippen molar-refractivity contribution in [1.82, 2.24) is 10.2 Å². The van der Waals surface area contributed by atoms with E-state index in [1.54, 1.807) is 19.1 Å². The summed E-state index contributed by atoms with van der Waals surface area (Å²) >= 11 is 6.27. The van der Waals surface area contributed by atoms with Crippen LogP contribution in [-0.4, -0.2) is 50.3 Å². The van der Waals surface area contributed by atoms with Gasteiger partial charge in [0.25, 0.3) is 15.9 Å². The minimum absolute atomic E-state index is 0.0412. The lowest BCUT2D eigenvalue weighted by atomic mass is 10.1. The number of halogens is 1. The number of para-hydroxylation sites is 1. The van der Waals surface area contributed by atoms with Gasteiger partial charge in [-0.2, -0.15) is 0 Å². The zero-order valence-corrected chi connectivity index (χ0v) is 20.3. The Balaban J connectivity index is 1.90. The van der Waals surface area contributed by atoms with Gasteiger partial charge >= 0.3 is 0 Å². The highest BCUT2D eigenvalue weighted by Crippen LogP contribution is 2.35. The predicted octanol–water partition coefficient (Wildman–Crippen LogP) is 3.47. The van der Waals surface area contributed by atoms with Crippen molar-refractivity contribution in [1.29, 1.82) is 0 Å². The molecule has 1 aliphatic heterocycles. The van der Waals surface area contributed by atoms with Crippen LogP contribution in [0.2, 0.25) is 5.02 Å². The van der Waals surface area contributed by atoms with Gasteiger partial charge in [-0.05, 0) is 63.9 Å². The monoisotopic (exact) mass is 477 g/mol. The number of likely N-dealkylation sites (N-methyl/N-ethyl adjacent to an activating group) is 1. The molecule has 0 fully saturated rings. The number of hydrogen-bond acceptors (Lipinski definition) is 4. The fraction of sp³-hybridized carbons (Fsp3) is 0.391. The summed E-state index contributed by atoms with van der Waals surface area (Å²) in [6, 6.07) is 11.5. The second-order valence-electron chi connectivity index (χ2n) is 8.72. The molecule has 3 rings (SSSR count). The van der Waals surface area contributed by atoms with Crippen LogP contribution in [0.3, 0.4) is 0 Å². The average molecular weight is 478 g/mol. The van der Waals surface area contributed by atoms with Gasteiger partial charge in [-0.1, -0.05) is 29.8 Å². The van der Waals surface area contributed by atoms with Crippen molar-refractivity contribution < 1.29 is 18.0 Å². The number of nitrogens with zero attached hydrogens (tertiary/aromatic N) is 2. The molecule has 0 aromatic heterocycles. The Hall–Kier alpha value is -2.58. The van der Waals surface area contributed by atoms with Gasteiger partial charge in [-0.25, -0.2) is 8.42 Å². The molecule has 0 saturated carbocycles. The summed E-state index contributed by atoms with van der Waals surface area (Å²) in [5, 5.41) is 2.87. The number of amides is 2. The average Bonchev–Trinajstić information content (AvgIpc) is 3.15. The summed E-state index contributed by atoms with van der Waals surface area (Å²) in [6.07, 6.45) is 0.609. The van der Waals surface area contributed by atoms with Crippen LogP contribution >= 0.6 is 11.6 Å². The van der Waals surface area contributed by atoms with Crippen molar-refractivity contribution in [2.45, 2.75) is 44.6 Å². The van der Waals surface area contributed by atoms with E-state index in [0.717, 1.165) is 5.56 Å².